The SMILES string of the molecule is CN1C=C(c2c(F)cc3ncc4c5c3c2OCC2(COC2)n5c(=O)n4C)C=CC1CCCCN1CCCCC1. The minimum atomic E-state index is -0.607. The fourth-order valence-corrected chi connectivity index (χ4v) is 6.79. The van der Waals surface area contributed by atoms with Crippen LogP contribution in [0.2, 0.25) is 0 Å². The first-order valence-electron chi connectivity index (χ1n) is 14.3. The van der Waals surface area contributed by atoms with Crippen LogP contribution < -0.4 is 10.4 Å². The summed E-state index contributed by atoms with van der Waals surface area (Å²) >= 11 is 0. The second kappa shape index (κ2) is 9.48. The number of unbranched alkanes of at least 4 members (excludes halogenated alkanes) is 1. The lowest BCUT2D eigenvalue weighted by Gasteiger charge is -2.40. The Kier molecular flexibility index (Phi) is 6.04. The number of aromatic nitrogens is 3. The number of aryl methyl sites for hydroxylation is 1. The number of allylic oxidation sites excluding steroid dienone is 2. The standard InChI is InChI=1S/C30H36FN5O3/c1-33-16-20(9-10-21(33)8-4-7-13-35-11-5-3-6-12-35)25-22(31)14-23-26-27-24(15-32-23)34(2)29(37)36(27)30(17-38-18-30)19-39-28(25)26/h9-10,14-16,21H,3-8,11-13,17-19H2,1-2H3. The summed E-state index contributed by atoms with van der Waals surface area (Å²) in [4.78, 5) is 22.7. The molecule has 1 unspecified atom stereocenters. The number of hydrogen-bond acceptors (Lipinski definition) is 6. The van der Waals surface area contributed by atoms with E-state index in [9.17, 15) is 4.79 Å². The molecular formula is C30H36FN5O3. The van der Waals surface area contributed by atoms with Crippen molar-refractivity contribution in [3.05, 3.63) is 52.5 Å². The normalized spacial score (nSPS) is 22.4. The molecule has 9 heteroatoms. The Morgan fingerprint density at radius 2 is 1.95 bits per heavy atom. The first-order valence-corrected chi connectivity index (χ1v) is 14.3. The third-order valence-corrected chi connectivity index (χ3v) is 9.11. The molecule has 206 valence electrons. The number of pyridine rings is 1. The Hall–Kier alpha value is -3.17. The van der Waals surface area contributed by atoms with Crippen LogP contribution in [0.25, 0.3) is 27.5 Å². The number of hydrogen-bond donors (Lipinski definition) is 0. The Labute approximate surface area is 227 Å². The van der Waals surface area contributed by atoms with E-state index in [0.29, 0.717) is 40.9 Å². The lowest BCUT2D eigenvalue weighted by Crippen LogP contribution is -2.58. The van der Waals surface area contributed by atoms with Gasteiger partial charge in [0.2, 0.25) is 0 Å². The molecule has 0 bridgehead atoms. The van der Waals surface area contributed by atoms with Gasteiger partial charge in [-0.05, 0) is 51.7 Å². The molecule has 0 amide bonds. The molecule has 39 heavy (non-hydrogen) atoms. The number of rotatable bonds is 6. The molecule has 2 aromatic heterocycles. The van der Waals surface area contributed by atoms with E-state index < -0.39 is 5.54 Å². The highest BCUT2D eigenvalue weighted by Crippen LogP contribution is 2.45. The molecule has 0 aliphatic carbocycles. The van der Waals surface area contributed by atoms with E-state index in [4.69, 9.17) is 9.47 Å². The van der Waals surface area contributed by atoms with Gasteiger partial charge in [0.25, 0.3) is 0 Å². The zero-order valence-corrected chi connectivity index (χ0v) is 22.8. The summed E-state index contributed by atoms with van der Waals surface area (Å²) in [5, 5.41) is 0.683. The average Bonchev–Trinajstić information content (AvgIpc) is 3.06. The lowest BCUT2D eigenvalue weighted by molar-refractivity contribution is -0.118. The second-order valence-corrected chi connectivity index (χ2v) is 11.7. The van der Waals surface area contributed by atoms with Crippen LogP contribution in [0.15, 0.2) is 35.4 Å². The quantitative estimate of drug-likeness (QED) is 0.446. The summed E-state index contributed by atoms with van der Waals surface area (Å²) in [5.74, 6) is 0.0785. The fraction of sp³-hybridized carbons (Fsp3) is 0.533. The van der Waals surface area contributed by atoms with Crippen LogP contribution >= 0.6 is 0 Å². The zero-order valence-electron chi connectivity index (χ0n) is 22.8. The summed E-state index contributed by atoms with van der Waals surface area (Å²) in [7, 11) is 3.81. The lowest BCUT2D eigenvalue weighted by atomic mass is 9.96. The first kappa shape index (κ1) is 24.8. The van der Waals surface area contributed by atoms with Crippen LogP contribution in [0.1, 0.15) is 44.1 Å². The van der Waals surface area contributed by atoms with E-state index in [0.717, 1.165) is 23.9 Å². The van der Waals surface area contributed by atoms with Crippen molar-refractivity contribution < 1.29 is 13.9 Å². The van der Waals surface area contributed by atoms with Gasteiger partial charge in [-0.1, -0.05) is 18.6 Å². The van der Waals surface area contributed by atoms with Crippen molar-refractivity contribution in [1.29, 1.82) is 0 Å². The van der Waals surface area contributed by atoms with Crippen LogP contribution in [-0.4, -0.2) is 76.5 Å². The highest BCUT2D eigenvalue weighted by Gasteiger charge is 2.47. The summed E-state index contributed by atoms with van der Waals surface area (Å²) in [5.41, 5.74) is 2.37. The molecule has 1 aromatic carbocycles. The van der Waals surface area contributed by atoms with Crippen LogP contribution in [0, 0.1) is 5.82 Å². The number of fused-ring (bicyclic) bond motifs is 1. The van der Waals surface area contributed by atoms with Gasteiger partial charge < -0.3 is 19.3 Å². The number of piperidine rings is 1. The number of likely N-dealkylation sites (N-methyl/N-ethyl adjacent to an activating group) is 1. The molecular weight excluding hydrogens is 497 g/mol. The molecule has 0 saturated carbocycles. The molecule has 8 nitrogen and oxygen atoms in total. The molecule has 0 radical (unpaired) electrons. The molecule has 3 aromatic rings. The van der Waals surface area contributed by atoms with Gasteiger partial charge in [0.05, 0.1) is 46.9 Å². The van der Waals surface area contributed by atoms with E-state index in [1.165, 1.54) is 51.4 Å². The highest BCUT2D eigenvalue weighted by atomic mass is 19.1. The van der Waals surface area contributed by atoms with Gasteiger partial charge in [-0.2, -0.15) is 0 Å². The molecule has 7 rings (SSSR count). The van der Waals surface area contributed by atoms with Crippen molar-refractivity contribution in [2.75, 3.05) is 46.5 Å². The Morgan fingerprint density at radius 1 is 1.13 bits per heavy atom. The first-order chi connectivity index (χ1) is 19.0. The number of ether oxygens (including phenoxy) is 2. The third-order valence-electron chi connectivity index (χ3n) is 9.11. The van der Waals surface area contributed by atoms with Gasteiger partial charge >= 0.3 is 5.69 Å². The monoisotopic (exact) mass is 533 g/mol. The van der Waals surface area contributed by atoms with E-state index >= 15 is 4.39 Å². The summed E-state index contributed by atoms with van der Waals surface area (Å²) in [6.07, 6.45) is 15.4. The average molecular weight is 534 g/mol. The molecule has 4 aliphatic rings. The maximum absolute atomic E-state index is 15.8. The van der Waals surface area contributed by atoms with Gasteiger partial charge in [-0.3, -0.25) is 14.1 Å². The minimum Gasteiger partial charge on any atom is -0.489 e. The van der Waals surface area contributed by atoms with Crippen molar-refractivity contribution in [2.24, 2.45) is 7.05 Å². The van der Waals surface area contributed by atoms with E-state index in [1.807, 2.05) is 12.3 Å². The zero-order chi connectivity index (χ0) is 26.7. The summed E-state index contributed by atoms with van der Waals surface area (Å²) in [6.45, 7) is 4.67. The van der Waals surface area contributed by atoms with Gasteiger partial charge in [-0.15, -0.1) is 0 Å². The van der Waals surface area contributed by atoms with Gasteiger partial charge in [-0.25, -0.2) is 9.18 Å². The van der Waals surface area contributed by atoms with Crippen LogP contribution in [0.5, 0.6) is 5.75 Å². The van der Waals surface area contributed by atoms with E-state index in [1.54, 1.807) is 22.4 Å². The van der Waals surface area contributed by atoms with Crippen LogP contribution in [-0.2, 0) is 17.3 Å². The molecule has 6 heterocycles. The molecule has 1 atom stereocenters. The topological polar surface area (TPSA) is 64.8 Å². The maximum atomic E-state index is 15.8. The maximum Gasteiger partial charge on any atom is 0.329 e. The van der Waals surface area contributed by atoms with Gasteiger partial charge in [0.1, 0.15) is 23.7 Å². The minimum absolute atomic E-state index is 0.135. The van der Waals surface area contributed by atoms with Crippen LogP contribution in [0.4, 0.5) is 4.39 Å². The Bertz CT molecular complexity index is 1560. The molecule has 4 aliphatic heterocycles. The van der Waals surface area contributed by atoms with Crippen molar-refractivity contribution >= 4 is 27.5 Å². The predicted molar refractivity (Wildman–Crippen MR) is 150 cm³/mol. The van der Waals surface area contributed by atoms with E-state index in [-0.39, 0.29) is 24.2 Å². The predicted octanol–water partition coefficient (Wildman–Crippen LogP) is 4.01. The highest BCUT2D eigenvalue weighted by molar-refractivity contribution is 6.09. The number of imidazole rings is 1. The summed E-state index contributed by atoms with van der Waals surface area (Å²) in [6, 6.07) is 1.75. The molecule has 0 N–H and O–H groups in total. The number of halogens is 1. The number of likely N-dealkylation sites (tertiary alicyclic amines) is 1. The largest absolute Gasteiger partial charge is 0.489 e. The molecule has 1 spiro atoms. The molecule has 2 fully saturated rings. The number of benzene rings is 1. The van der Waals surface area contributed by atoms with Gasteiger partial charge in [0, 0.05) is 38.0 Å². The van der Waals surface area contributed by atoms with Crippen molar-refractivity contribution in [2.45, 2.75) is 50.1 Å². The van der Waals surface area contributed by atoms with Crippen molar-refractivity contribution in [3.63, 3.8) is 0 Å². The Morgan fingerprint density at radius 3 is 2.69 bits per heavy atom. The Balaban J connectivity index is 1.21. The number of nitrogens with zero attached hydrogens (tertiary/aromatic N) is 5. The van der Waals surface area contributed by atoms with Crippen molar-refractivity contribution in [3.8, 4) is 5.75 Å². The second-order valence-electron chi connectivity index (χ2n) is 11.7. The smallest absolute Gasteiger partial charge is 0.329 e. The third kappa shape index (κ3) is 3.92. The van der Waals surface area contributed by atoms with E-state index in [2.05, 4.69) is 27.9 Å². The summed E-state index contributed by atoms with van der Waals surface area (Å²) < 4.78 is 31.2. The molecule has 2 saturated heterocycles. The fourth-order valence-electron chi connectivity index (χ4n) is 6.79. The van der Waals surface area contributed by atoms with Gasteiger partial charge in [0.15, 0.2) is 0 Å². The van der Waals surface area contributed by atoms with Crippen LogP contribution in [0.3, 0.4) is 0 Å². The van der Waals surface area contributed by atoms with Crippen molar-refractivity contribution in [1.82, 2.24) is 23.9 Å².